The minimum atomic E-state index is -0.948. The van der Waals surface area contributed by atoms with E-state index in [9.17, 15) is 9.59 Å². The van der Waals surface area contributed by atoms with Crippen molar-refractivity contribution in [1.82, 2.24) is 4.90 Å². The molecule has 0 unspecified atom stereocenters. The zero-order valence-electron chi connectivity index (χ0n) is 10.9. The van der Waals surface area contributed by atoms with Crippen molar-refractivity contribution in [3.8, 4) is 0 Å². The first-order valence-corrected chi connectivity index (χ1v) is 7.18. The summed E-state index contributed by atoms with van der Waals surface area (Å²) in [6.45, 7) is 5.65. The van der Waals surface area contributed by atoms with Gasteiger partial charge in [-0.05, 0) is 26.8 Å². The lowest BCUT2D eigenvalue weighted by molar-refractivity contribution is -0.137. The molecule has 0 aliphatic carbocycles. The Labute approximate surface area is 125 Å². The van der Waals surface area contributed by atoms with Crippen LogP contribution in [0.1, 0.15) is 37.6 Å². The quantitative estimate of drug-likeness (QED) is 0.917. The van der Waals surface area contributed by atoms with Crippen molar-refractivity contribution in [1.29, 1.82) is 0 Å². The van der Waals surface area contributed by atoms with E-state index in [0.29, 0.717) is 14.2 Å². The zero-order valence-corrected chi connectivity index (χ0v) is 13.2. The number of carboxylic acids is 1. The minimum Gasteiger partial charge on any atom is -0.481 e. The maximum atomic E-state index is 12.4. The molecule has 1 N–H and O–H groups in total. The van der Waals surface area contributed by atoms with Gasteiger partial charge in [-0.1, -0.05) is 23.2 Å². The molecule has 4 nitrogen and oxygen atoms in total. The molecule has 0 spiro atoms. The van der Waals surface area contributed by atoms with E-state index in [0.717, 1.165) is 11.3 Å². The van der Waals surface area contributed by atoms with Gasteiger partial charge in [-0.3, -0.25) is 9.59 Å². The number of amides is 1. The van der Waals surface area contributed by atoms with E-state index >= 15 is 0 Å². The van der Waals surface area contributed by atoms with Gasteiger partial charge in [-0.15, -0.1) is 11.3 Å². The first kappa shape index (κ1) is 16.3. The zero-order chi connectivity index (χ0) is 14.8. The summed E-state index contributed by atoms with van der Waals surface area (Å²) in [5, 5.41) is 8.76. The van der Waals surface area contributed by atoms with Gasteiger partial charge in [0, 0.05) is 12.1 Å². The smallest absolute Gasteiger partial charge is 0.305 e. The highest BCUT2D eigenvalue weighted by molar-refractivity contribution is 7.20. The minimum absolute atomic E-state index is 0.113. The van der Waals surface area contributed by atoms with Gasteiger partial charge < -0.3 is 10.0 Å². The van der Waals surface area contributed by atoms with Crippen LogP contribution in [0.3, 0.4) is 0 Å². The average Bonchev–Trinajstić information content (AvgIpc) is 2.55. The van der Waals surface area contributed by atoms with Crippen LogP contribution in [0, 0.1) is 0 Å². The Bertz CT molecular complexity index is 494. The van der Waals surface area contributed by atoms with Gasteiger partial charge in [0.15, 0.2) is 0 Å². The molecule has 0 aromatic carbocycles. The highest BCUT2D eigenvalue weighted by atomic mass is 35.5. The van der Waals surface area contributed by atoms with E-state index in [1.165, 1.54) is 11.0 Å². The first-order chi connectivity index (χ1) is 8.62. The summed E-state index contributed by atoms with van der Waals surface area (Å²) in [6.07, 6.45) is -0.113. The van der Waals surface area contributed by atoms with Crippen molar-refractivity contribution in [2.45, 2.75) is 32.7 Å². The van der Waals surface area contributed by atoms with E-state index < -0.39 is 11.5 Å². The summed E-state index contributed by atoms with van der Waals surface area (Å²) in [7, 11) is 0. The molecule has 0 fully saturated rings. The summed E-state index contributed by atoms with van der Waals surface area (Å²) in [5.74, 6) is -1.25. The summed E-state index contributed by atoms with van der Waals surface area (Å²) in [5.41, 5.74) is -0.179. The van der Waals surface area contributed by atoms with Crippen LogP contribution in [0.25, 0.3) is 0 Å². The van der Waals surface area contributed by atoms with Crippen molar-refractivity contribution in [3.63, 3.8) is 0 Å². The fourth-order valence-corrected chi connectivity index (χ4v) is 3.03. The summed E-state index contributed by atoms with van der Waals surface area (Å²) in [6, 6.07) is 1.51. The second-order valence-electron chi connectivity index (χ2n) is 5.01. The Morgan fingerprint density at radius 3 is 2.32 bits per heavy atom. The predicted octanol–water partition coefficient (Wildman–Crippen LogP) is 3.77. The second kappa shape index (κ2) is 6.11. The topological polar surface area (TPSA) is 57.6 Å². The Morgan fingerprint density at radius 2 is 1.95 bits per heavy atom. The molecule has 0 saturated carbocycles. The van der Waals surface area contributed by atoms with Crippen LogP contribution < -0.4 is 0 Å². The van der Waals surface area contributed by atoms with Crippen molar-refractivity contribution in [3.05, 3.63) is 20.3 Å². The predicted molar refractivity (Wildman–Crippen MR) is 77.4 cm³/mol. The molecule has 106 valence electrons. The molecular formula is C12H15Cl2NO3S. The summed E-state index contributed by atoms with van der Waals surface area (Å²) in [4.78, 5) is 24.6. The lowest BCUT2D eigenvalue weighted by Gasteiger charge is -2.35. The van der Waals surface area contributed by atoms with Crippen LogP contribution in [0.4, 0.5) is 0 Å². The molecule has 1 aromatic heterocycles. The van der Waals surface area contributed by atoms with E-state index in [-0.39, 0.29) is 18.9 Å². The highest BCUT2D eigenvalue weighted by Crippen LogP contribution is 2.33. The number of hydrogen-bond acceptors (Lipinski definition) is 3. The number of nitrogens with zero attached hydrogens (tertiary/aromatic N) is 1. The van der Waals surface area contributed by atoms with Gasteiger partial charge in [0.2, 0.25) is 0 Å². The van der Waals surface area contributed by atoms with Crippen molar-refractivity contribution in [2.24, 2.45) is 0 Å². The van der Waals surface area contributed by atoms with Gasteiger partial charge >= 0.3 is 5.97 Å². The van der Waals surface area contributed by atoms with Gasteiger partial charge in [0.25, 0.3) is 5.91 Å². The van der Waals surface area contributed by atoms with Crippen molar-refractivity contribution >= 4 is 46.4 Å². The van der Waals surface area contributed by atoms with Crippen molar-refractivity contribution in [2.75, 3.05) is 6.54 Å². The van der Waals surface area contributed by atoms with Gasteiger partial charge in [-0.25, -0.2) is 0 Å². The molecule has 7 heteroatoms. The number of carbonyl (C=O) groups excluding carboxylic acids is 1. The van der Waals surface area contributed by atoms with Crippen LogP contribution >= 0.6 is 34.5 Å². The number of carbonyl (C=O) groups is 2. The van der Waals surface area contributed by atoms with E-state index in [4.69, 9.17) is 28.3 Å². The van der Waals surface area contributed by atoms with Gasteiger partial charge in [0.05, 0.1) is 16.3 Å². The molecule has 1 amide bonds. The van der Waals surface area contributed by atoms with Crippen LogP contribution in [0.5, 0.6) is 0 Å². The summed E-state index contributed by atoms with van der Waals surface area (Å²) < 4.78 is 0.750. The molecule has 19 heavy (non-hydrogen) atoms. The Balaban J connectivity index is 3.01. The SMILES string of the molecule is CC(C)(C)N(CCC(=O)O)C(=O)c1cc(Cl)sc1Cl. The molecule has 1 heterocycles. The standard InChI is InChI=1S/C12H15Cl2NO3S/c1-12(2,3)15(5-4-9(16)17)11(18)7-6-8(13)19-10(7)14/h6H,4-5H2,1-3H3,(H,16,17). The Kier molecular flexibility index (Phi) is 5.24. The number of carboxylic acid groups (broad SMARTS) is 1. The molecule has 0 aliphatic heterocycles. The Hall–Kier alpha value is -0.780. The monoisotopic (exact) mass is 323 g/mol. The maximum Gasteiger partial charge on any atom is 0.305 e. The lowest BCUT2D eigenvalue weighted by atomic mass is 10.0. The first-order valence-electron chi connectivity index (χ1n) is 5.61. The molecule has 0 radical (unpaired) electrons. The third-order valence-electron chi connectivity index (χ3n) is 2.49. The van der Waals surface area contributed by atoms with E-state index in [2.05, 4.69) is 0 Å². The number of halogens is 2. The molecule has 1 aromatic rings. The molecule has 0 bridgehead atoms. The highest BCUT2D eigenvalue weighted by Gasteiger charge is 2.29. The van der Waals surface area contributed by atoms with Crippen LogP contribution in [-0.2, 0) is 4.79 Å². The van der Waals surface area contributed by atoms with Crippen LogP contribution in [0.15, 0.2) is 6.07 Å². The number of hydrogen-bond donors (Lipinski definition) is 1. The third kappa shape index (κ3) is 4.37. The largest absolute Gasteiger partial charge is 0.481 e. The molecule has 1 rings (SSSR count). The summed E-state index contributed by atoms with van der Waals surface area (Å²) >= 11 is 12.9. The van der Waals surface area contributed by atoms with Crippen molar-refractivity contribution < 1.29 is 14.7 Å². The fourth-order valence-electron chi connectivity index (χ4n) is 1.58. The third-order valence-corrected chi connectivity index (χ3v) is 3.98. The van der Waals surface area contributed by atoms with Gasteiger partial charge in [-0.2, -0.15) is 0 Å². The molecule has 0 saturated heterocycles. The van der Waals surface area contributed by atoms with Gasteiger partial charge in [0.1, 0.15) is 4.34 Å². The molecule has 0 aliphatic rings. The maximum absolute atomic E-state index is 12.4. The van der Waals surface area contributed by atoms with E-state index in [1.54, 1.807) is 0 Å². The van der Waals surface area contributed by atoms with Crippen LogP contribution in [-0.4, -0.2) is 34.0 Å². The second-order valence-corrected chi connectivity index (χ2v) is 7.29. The fraction of sp³-hybridized carbons (Fsp3) is 0.500. The number of thiophene rings is 1. The average molecular weight is 324 g/mol. The normalized spacial score (nSPS) is 11.4. The van der Waals surface area contributed by atoms with E-state index in [1.807, 2.05) is 20.8 Å². The molecule has 0 atom stereocenters. The number of aliphatic carboxylic acids is 1. The van der Waals surface area contributed by atoms with Crippen LogP contribution in [0.2, 0.25) is 8.67 Å². The Morgan fingerprint density at radius 1 is 1.37 bits per heavy atom. The lowest BCUT2D eigenvalue weighted by Crippen LogP contribution is -2.46. The molecular weight excluding hydrogens is 309 g/mol. The number of rotatable bonds is 4.